The highest BCUT2D eigenvalue weighted by Gasteiger charge is 2.08. The van der Waals surface area contributed by atoms with E-state index in [-0.39, 0.29) is 11.6 Å². The van der Waals surface area contributed by atoms with E-state index in [0.717, 1.165) is 4.88 Å². The Hall–Kier alpha value is -2.13. The van der Waals surface area contributed by atoms with Crippen LogP contribution in [0.3, 0.4) is 0 Å². The number of aryl methyl sites for hydroxylation is 1. The summed E-state index contributed by atoms with van der Waals surface area (Å²) in [4.78, 5) is 4.90. The van der Waals surface area contributed by atoms with Gasteiger partial charge in [0.05, 0.1) is 6.21 Å². The first-order chi connectivity index (χ1) is 7.79. The van der Waals surface area contributed by atoms with Gasteiger partial charge < -0.3 is 4.42 Å². The van der Waals surface area contributed by atoms with Gasteiger partial charge >= 0.3 is 0 Å². The molecule has 0 aromatic carbocycles. The van der Waals surface area contributed by atoms with E-state index >= 15 is 0 Å². The van der Waals surface area contributed by atoms with Gasteiger partial charge in [0.2, 0.25) is 5.69 Å². The Bertz CT molecular complexity index is 536. The van der Waals surface area contributed by atoms with Crippen LogP contribution in [0.4, 0.5) is 5.88 Å². The molecule has 0 aliphatic carbocycles. The fourth-order valence-corrected chi connectivity index (χ4v) is 1.68. The predicted molar refractivity (Wildman–Crippen MR) is 61.5 cm³/mol. The van der Waals surface area contributed by atoms with Crippen LogP contribution in [0.5, 0.6) is 0 Å². The second-order valence-electron chi connectivity index (χ2n) is 2.91. The highest BCUT2D eigenvalue weighted by atomic mass is 32.1. The van der Waals surface area contributed by atoms with E-state index in [1.165, 1.54) is 0 Å². The van der Waals surface area contributed by atoms with E-state index in [9.17, 15) is 0 Å². The monoisotopic (exact) mass is 232 g/mol. The molecule has 0 saturated carbocycles. The first-order valence-electron chi connectivity index (χ1n) is 4.49. The third kappa shape index (κ3) is 2.27. The molecule has 80 valence electrons. The Morgan fingerprint density at radius 1 is 1.69 bits per heavy atom. The molecule has 16 heavy (non-hydrogen) atoms. The molecule has 0 bridgehead atoms. The zero-order valence-corrected chi connectivity index (χ0v) is 9.28. The maximum Gasteiger partial charge on any atom is 0.252 e. The number of nitriles is 1. The van der Waals surface area contributed by atoms with E-state index in [0.29, 0.717) is 5.89 Å². The molecule has 2 aromatic heterocycles. The molecular weight excluding hydrogens is 224 g/mol. The van der Waals surface area contributed by atoms with E-state index < -0.39 is 0 Å². The SMILES string of the molecule is Cc1nc(C#N)c(N/N=C\c2cccs2)o1. The summed E-state index contributed by atoms with van der Waals surface area (Å²) in [5, 5.41) is 14.7. The van der Waals surface area contributed by atoms with Crippen molar-refractivity contribution in [2.75, 3.05) is 5.43 Å². The summed E-state index contributed by atoms with van der Waals surface area (Å²) in [5.41, 5.74) is 2.86. The van der Waals surface area contributed by atoms with Crippen molar-refractivity contribution in [1.29, 1.82) is 5.26 Å². The molecule has 0 saturated heterocycles. The molecular formula is C10H8N4OS. The molecule has 0 unspecified atom stereocenters. The highest BCUT2D eigenvalue weighted by Crippen LogP contribution is 2.15. The third-order valence-corrected chi connectivity index (χ3v) is 2.55. The number of nitrogens with one attached hydrogen (secondary N) is 1. The molecule has 0 radical (unpaired) electrons. The van der Waals surface area contributed by atoms with Crippen LogP contribution in [0.15, 0.2) is 27.0 Å². The van der Waals surface area contributed by atoms with Crippen molar-refractivity contribution in [1.82, 2.24) is 4.98 Å². The van der Waals surface area contributed by atoms with Gasteiger partial charge in [0.1, 0.15) is 6.07 Å². The maximum absolute atomic E-state index is 8.75. The number of hydrazone groups is 1. The Labute approximate surface area is 96.0 Å². The largest absolute Gasteiger partial charge is 0.422 e. The molecule has 0 amide bonds. The molecule has 0 atom stereocenters. The van der Waals surface area contributed by atoms with Crippen LogP contribution in [-0.4, -0.2) is 11.2 Å². The van der Waals surface area contributed by atoms with Gasteiger partial charge in [0.25, 0.3) is 5.88 Å². The summed E-state index contributed by atoms with van der Waals surface area (Å²) >= 11 is 1.57. The number of hydrogen-bond acceptors (Lipinski definition) is 6. The first kappa shape index (κ1) is 10.4. The number of aromatic nitrogens is 1. The molecule has 2 heterocycles. The second-order valence-corrected chi connectivity index (χ2v) is 3.89. The number of hydrogen-bond donors (Lipinski definition) is 1. The van der Waals surface area contributed by atoms with Crippen LogP contribution in [0.25, 0.3) is 0 Å². The van der Waals surface area contributed by atoms with E-state index in [2.05, 4.69) is 15.5 Å². The van der Waals surface area contributed by atoms with Gasteiger partial charge in [-0.3, -0.25) is 0 Å². The standard InChI is InChI=1S/C10H8N4OS/c1-7-13-9(5-11)10(15-7)14-12-6-8-3-2-4-16-8/h2-4,6,14H,1H3/b12-6-. The second kappa shape index (κ2) is 4.59. The summed E-state index contributed by atoms with van der Waals surface area (Å²) in [6.07, 6.45) is 1.66. The molecule has 0 fully saturated rings. The van der Waals surface area contributed by atoms with Crippen molar-refractivity contribution in [2.45, 2.75) is 6.92 Å². The summed E-state index contributed by atoms with van der Waals surface area (Å²) in [7, 11) is 0. The highest BCUT2D eigenvalue weighted by molar-refractivity contribution is 7.11. The van der Waals surface area contributed by atoms with Crippen LogP contribution < -0.4 is 5.43 Å². The van der Waals surface area contributed by atoms with Gasteiger partial charge in [0.15, 0.2) is 5.89 Å². The number of oxazole rings is 1. The number of nitrogens with zero attached hydrogens (tertiary/aromatic N) is 3. The van der Waals surface area contributed by atoms with Gasteiger partial charge in [-0.05, 0) is 11.4 Å². The van der Waals surface area contributed by atoms with E-state index in [4.69, 9.17) is 9.68 Å². The molecule has 5 nitrogen and oxygen atoms in total. The van der Waals surface area contributed by atoms with Gasteiger partial charge in [-0.1, -0.05) is 6.07 Å². The fourth-order valence-electron chi connectivity index (χ4n) is 1.10. The minimum atomic E-state index is 0.209. The average molecular weight is 232 g/mol. The topological polar surface area (TPSA) is 74.2 Å². The molecule has 6 heteroatoms. The quantitative estimate of drug-likeness (QED) is 0.651. The van der Waals surface area contributed by atoms with Crippen LogP contribution in [-0.2, 0) is 0 Å². The lowest BCUT2D eigenvalue weighted by atomic mass is 10.5. The number of thiophene rings is 1. The summed E-state index contributed by atoms with van der Waals surface area (Å²) in [6, 6.07) is 5.79. The fraction of sp³-hybridized carbons (Fsp3) is 0.100. The summed E-state index contributed by atoms with van der Waals surface area (Å²) in [5.74, 6) is 0.707. The minimum absolute atomic E-state index is 0.209. The van der Waals surface area contributed by atoms with Gasteiger partial charge in [-0.2, -0.15) is 10.4 Å². The smallest absolute Gasteiger partial charge is 0.252 e. The molecule has 2 rings (SSSR count). The molecule has 0 aliphatic heterocycles. The molecule has 0 spiro atoms. The minimum Gasteiger partial charge on any atom is -0.422 e. The predicted octanol–water partition coefficient (Wildman–Crippen LogP) is 2.36. The molecule has 1 N–H and O–H groups in total. The Morgan fingerprint density at radius 3 is 3.25 bits per heavy atom. The molecule has 0 aliphatic rings. The number of anilines is 1. The first-order valence-corrected chi connectivity index (χ1v) is 5.37. The van der Waals surface area contributed by atoms with Crippen LogP contribution in [0, 0.1) is 18.3 Å². The Morgan fingerprint density at radius 2 is 2.56 bits per heavy atom. The third-order valence-electron chi connectivity index (χ3n) is 1.74. The van der Waals surface area contributed by atoms with Crippen molar-refractivity contribution in [3.8, 4) is 6.07 Å². The van der Waals surface area contributed by atoms with Crippen molar-refractivity contribution in [3.05, 3.63) is 34.0 Å². The molecule has 2 aromatic rings. The summed E-state index contributed by atoms with van der Waals surface area (Å²) in [6.45, 7) is 1.68. The van der Waals surface area contributed by atoms with Crippen molar-refractivity contribution in [2.24, 2.45) is 5.10 Å². The van der Waals surface area contributed by atoms with E-state index in [1.54, 1.807) is 24.5 Å². The van der Waals surface area contributed by atoms with Gasteiger partial charge in [0, 0.05) is 11.8 Å². The maximum atomic E-state index is 8.75. The van der Waals surface area contributed by atoms with Crippen molar-refractivity contribution in [3.63, 3.8) is 0 Å². The lowest BCUT2D eigenvalue weighted by molar-refractivity contribution is 0.533. The van der Waals surface area contributed by atoms with E-state index in [1.807, 2.05) is 23.6 Å². The van der Waals surface area contributed by atoms with Gasteiger partial charge in [-0.15, -0.1) is 11.3 Å². The van der Waals surface area contributed by atoms with Crippen LogP contribution >= 0.6 is 11.3 Å². The van der Waals surface area contributed by atoms with Gasteiger partial charge in [-0.25, -0.2) is 10.4 Å². The zero-order valence-electron chi connectivity index (χ0n) is 8.47. The Kier molecular flexibility index (Phi) is 2.98. The van der Waals surface area contributed by atoms with Crippen LogP contribution in [0.2, 0.25) is 0 Å². The normalized spacial score (nSPS) is 10.5. The number of rotatable bonds is 3. The van der Waals surface area contributed by atoms with Crippen LogP contribution in [0.1, 0.15) is 16.5 Å². The van der Waals surface area contributed by atoms with Crippen molar-refractivity contribution < 1.29 is 4.42 Å². The zero-order chi connectivity index (χ0) is 11.4. The lowest BCUT2D eigenvalue weighted by Crippen LogP contribution is -1.90. The summed E-state index contributed by atoms with van der Waals surface area (Å²) < 4.78 is 5.17. The lowest BCUT2D eigenvalue weighted by Gasteiger charge is -1.92. The van der Waals surface area contributed by atoms with Crippen molar-refractivity contribution >= 4 is 23.4 Å². The Balaban J connectivity index is 2.08. The average Bonchev–Trinajstić information content (AvgIpc) is 2.88.